The van der Waals surface area contributed by atoms with Crippen LogP contribution in [0.4, 0.5) is 4.39 Å². The molecule has 0 atom stereocenters. The van der Waals surface area contributed by atoms with Crippen molar-refractivity contribution in [2.75, 3.05) is 13.1 Å². The van der Waals surface area contributed by atoms with Crippen LogP contribution < -0.4 is 10.0 Å². The van der Waals surface area contributed by atoms with Crippen LogP contribution in [0.15, 0.2) is 27.6 Å². The van der Waals surface area contributed by atoms with Gasteiger partial charge in [0, 0.05) is 23.6 Å². The molecule has 0 amide bonds. The topological polar surface area (TPSA) is 58.2 Å². The molecule has 16 heavy (non-hydrogen) atoms. The maximum Gasteiger partial charge on any atom is 0.243 e. The first kappa shape index (κ1) is 12.0. The monoisotopic (exact) mass is 308 g/mol. The summed E-state index contributed by atoms with van der Waals surface area (Å²) < 4.78 is 39.9. The van der Waals surface area contributed by atoms with Crippen molar-refractivity contribution in [1.82, 2.24) is 10.0 Å². The summed E-state index contributed by atoms with van der Waals surface area (Å²) >= 11 is 3.07. The Hall–Kier alpha value is -0.500. The second kappa shape index (κ2) is 4.40. The third-order valence-electron chi connectivity index (χ3n) is 2.29. The van der Waals surface area contributed by atoms with Crippen LogP contribution in [0.3, 0.4) is 0 Å². The first-order valence-corrected chi connectivity index (χ1v) is 6.95. The van der Waals surface area contributed by atoms with E-state index < -0.39 is 15.8 Å². The van der Waals surface area contributed by atoms with Gasteiger partial charge in [-0.05, 0) is 18.2 Å². The van der Waals surface area contributed by atoms with E-state index in [-0.39, 0.29) is 10.9 Å². The molecule has 1 aliphatic heterocycles. The molecule has 1 aromatic carbocycles. The second-order valence-corrected chi connectivity index (χ2v) is 6.15. The summed E-state index contributed by atoms with van der Waals surface area (Å²) in [5, 5.41) is 2.93. The first-order chi connectivity index (χ1) is 7.49. The Balaban J connectivity index is 2.27. The van der Waals surface area contributed by atoms with E-state index in [1.165, 1.54) is 12.1 Å². The molecule has 0 bridgehead atoms. The van der Waals surface area contributed by atoms with E-state index in [1.54, 1.807) is 0 Å². The van der Waals surface area contributed by atoms with Gasteiger partial charge in [0.25, 0.3) is 0 Å². The molecular weight excluding hydrogens is 299 g/mol. The predicted octanol–water partition coefficient (Wildman–Crippen LogP) is 0.838. The lowest BCUT2D eigenvalue weighted by atomic mass is 10.2. The summed E-state index contributed by atoms with van der Waals surface area (Å²) in [7, 11) is -3.75. The maximum absolute atomic E-state index is 13.5. The fourth-order valence-electron chi connectivity index (χ4n) is 1.35. The van der Waals surface area contributed by atoms with Crippen molar-refractivity contribution in [1.29, 1.82) is 0 Å². The van der Waals surface area contributed by atoms with Gasteiger partial charge in [-0.2, -0.15) is 0 Å². The van der Waals surface area contributed by atoms with Crippen LogP contribution in [0.2, 0.25) is 0 Å². The maximum atomic E-state index is 13.5. The largest absolute Gasteiger partial charge is 0.313 e. The Morgan fingerprint density at radius 1 is 1.44 bits per heavy atom. The number of sulfonamides is 1. The molecule has 1 heterocycles. The normalized spacial score (nSPS) is 17.1. The van der Waals surface area contributed by atoms with Gasteiger partial charge in [0.1, 0.15) is 10.7 Å². The van der Waals surface area contributed by atoms with Gasteiger partial charge in [-0.25, -0.2) is 17.5 Å². The van der Waals surface area contributed by atoms with E-state index in [9.17, 15) is 12.8 Å². The zero-order chi connectivity index (χ0) is 11.8. The Morgan fingerprint density at radius 2 is 2.12 bits per heavy atom. The van der Waals surface area contributed by atoms with Crippen LogP contribution in [0.1, 0.15) is 0 Å². The standard InChI is InChI=1S/C9H10BrFN2O2S/c10-6-1-2-9(8(11)3-6)16(14,15)13-7-4-12-5-7/h1-3,7,12-13H,4-5H2. The summed E-state index contributed by atoms with van der Waals surface area (Å²) in [6.45, 7) is 1.16. The first-order valence-electron chi connectivity index (χ1n) is 4.67. The minimum atomic E-state index is -3.75. The van der Waals surface area contributed by atoms with E-state index in [1.807, 2.05) is 0 Å². The molecule has 7 heteroatoms. The average Bonchev–Trinajstić information content (AvgIpc) is 2.11. The molecule has 0 aromatic heterocycles. The molecule has 1 fully saturated rings. The minimum absolute atomic E-state index is 0.145. The summed E-state index contributed by atoms with van der Waals surface area (Å²) in [6, 6.07) is 3.73. The van der Waals surface area contributed by atoms with Crippen LogP contribution in [-0.2, 0) is 10.0 Å². The molecule has 0 radical (unpaired) electrons. The molecule has 0 aliphatic carbocycles. The lowest BCUT2D eigenvalue weighted by Crippen LogP contribution is -2.56. The van der Waals surface area contributed by atoms with Crippen molar-refractivity contribution in [2.45, 2.75) is 10.9 Å². The van der Waals surface area contributed by atoms with Gasteiger partial charge >= 0.3 is 0 Å². The molecular formula is C9H10BrFN2O2S. The predicted molar refractivity (Wildman–Crippen MR) is 61.1 cm³/mol. The number of benzene rings is 1. The SMILES string of the molecule is O=S(=O)(NC1CNC1)c1ccc(Br)cc1F. The van der Waals surface area contributed by atoms with Gasteiger partial charge < -0.3 is 5.32 Å². The molecule has 0 unspecified atom stereocenters. The van der Waals surface area contributed by atoms with Crippen molar-refractivity contribution < 1.29 is 12.8 Å². The average molecular weight is 309 g/mol. The molecule has 0 saturated carbocycles. The smallest absolute Gasteiger partial charge is 0.243 e. The quantitative estimate of drug-likeness (QED) is 0.870. The summed E-state index contributed by atoms with van der Waals surface area (Å²) in [5.74, 6) is -0.755. The van der Waals surface area contributed by atoms with Crippen LogP contribution in [0, 0.1) is 5.82 Å². The number of hydrogen-bond donors (Lipinski definition) is 2. The number of nitrogens with one attached hydrogen (secondary N) is 2. The highest BCUT2D eigenvalue weighted by Crippen LogP contribution is 2.19. The zero-order valence-corrected chi connectivity index (χ0v) is 10.6. The van der Waals surface area contributed by atoms with E-state index in [0.717, 1.165) is 6.07 Å². The van der Waals surface area contributed by atoms with Crippen molar-refractivity contribution in [3.8, 4) is 0 Å². The van der Waals surface area contributed by atoms with Gasteiger partial charge in [-0.3, -0.25) is 0 Å². The Labute approximate surface area is 101 Å². The van der Waals surface area contributed by atoms with Gasteiger partial charge in [0.05, 0.1) is 0 Å². The number of hydrogen-bond acceptors (Lipinski definition) is 3. The number of rotatable bonds is 3. The van der Waals surface area contributed by atoms with Gasteiger partial charge in [0.2, 0.25) is 10.0 Å². The molecule has 88 valence electrons. The van der Waals surface area contributed by atoms with E-state index in [4.69, 9.17) is 0 Å². The highest BCUT2D eigenvalue weighted by atomic mass is 79.9. The fraction of sp³-hybridized carbons (Fsp3) is 0.333. The van der Waals surface area contributed by atoms with Crippen molar-refractivity contribution in [2.24, 2.45) is 0 Å². The van der Waals surface area contributed by atoms with Crippen molar-refractivity contribution in [3.05, 3.63) is 28.5 Å². The number of halogens is 2. The second-order valence-electron chi connectivity index (χ2n) is 3.55. The summed E-state index contributed by atoms with van der Waals surface area (Å²) in [4.78, 5) is -0.317. The zero-order valence-electron chi connectivity index (χ0n) is 8.20. The van der Waals surface area contributed by atoms with Crippen molar-refractivity contribution >= 4 is 26.0 Å². The summed E-state index contributed by atoms with van der Waals surface area (Å²) in [5.41, 5.74) is 0. The van der Waals surface area contributed by atoms with Crippen LogP contribution in [0.5, 0.6) is 0 Å². The van der Waals surface area contributed by atoms with Crippen LogP contribution in [0.25, 0.3) is 0 Å². The minimum Gasteiger partial charge on any atom is -0.313 e. The molecule has 0 spiro atoms. The molecule has 4 nitrogen and oxygen atoms in total. The molecule has 2 N–H and O–H groups in total. The lowest BCUT2D eigenvalue weighted by molar-refractivity contribution is 0.409. The van der Waals surface area contributed by atoms with E-state index in [2.05, 4.69) is 26.0 Å². The van der Waals surface area contributed by atoms with E-state index in [0.29, 0.717) is 17.6 Å². The summed E-state index contributed by atoms with van der Waals surface area (Å²) in [6.07, 6.45) is 0. The van der Waals surface area contributed by atoms with Gasteiger partial charge in [0.15, 0.2) is 0 Å². The molecule has 1 aliphatic rings. The molecule has 2 rings (SSSR count). The Morgan fingerprint density at radius 3 is 2.62 bits per heavy atom. The highest BCUT2D eigenvalue weighted by molar-refractivity contribution is 9.10. The third-order valence-corrected chi connectivity index (χ3v) is 4.33. The van der Waals surface area contributed by atoms with Crippen molar-refractivity contribution in [3.63, 3.8) is 0 Å². The Bertz CT molecular complexity index is 502. The molecule has 1 saturated heterocycles. The lowest BCUT2D eigenvalue weighted by Gasteiger charge is -2.27. The van der Waals surface area contributed by atoms with Gasteiger partial charge in [-0.15, -0.1) is 0 Å². The fourth-order valence-corrected chi connectivity index (χ4v) is 2.98. The van der Waals surface area contributed by atoms with Gasteiger partial charge in [-0.1, -0.05) is 15.9 Å². The Kier molecular flexibility index (Phi) is 3.29. The highest BCUT2D eigenvalue weighted by Gasteiger charge is 2.26. The van der Waals surface area contributed by atoms with Crippen LogP contribution in [-0.4, -0.2) is 27.5 Å². The third kappa shape index (κ3) is 2.42. The molecule has 1 aromatic rings. The van der Waals surface area contributed by atoms with E-state index >= 15 is 0 Å². The van der Waals surface area contributed by atoms with Crippen LogP contribution >= 0.6 is 15.9 Å².